The maximum atomic E-state index is 13.4. The minimum Gasteiger partial charge on any atom is -0.469 e. The molecule has 4 nitrogen and oxygen atoms in total. The Bertz CT molecular complexity index is 1040. The molecule has 29 heavy (non-hydrogen) atoms. The number of rotatable bonds is 5. The van der Waals surface area contributed by atoms with E-state index in [-0.39, 0.29) is 11.8 Å². The quantitative estimate of drug-likeness (QED) is 0.479. The Balaban J connectivity index is 1.44. The van der Waals surface area contributed by atoms with Crippen molar-refractivity contribution in [2.24, 2.45) is 0 Å². The van der Waals surface area contributed by atoms with E-state index in [1.165, 1.54) is 0 Å². The number of hydrogen-bond acceptors (Lipinski definition) is 4. The maximum Gasteiger partial charge on any atom is 0.232 e. The minimum absolute atomic E-state index is 0.0146. The molecular weight excluding hydrogens is 382 g/mol. The van der Waals surface area contributed by atoms with E-state index >= 15 is 0 Å². The van der Waals surface area contributed by atoms with Crippen LogP contribution in [-0.2, 0) is 4.79 Å². The fraction of sp³-hybridized carbons (Fsp3) is 0.125. The Hall–Kier alpha value is -3.31. The summed E-state index contributed by atoms with van der Waals surface area (Å²) in [6.07, 6.45) is 1.67. The summed E-state index contributed by atoms with van der Waals surface area (Å²) in [4.78, 5) is 14.5. The van der Waals surface area contributed by atoms with Crippen molar-refractivity contribution >= 4 is 17.2 Å². The van der Waals surface area contributed by atoms with E-state index in [4.69, 9.17) is 9.15 Å². The van der Waals surface area contributed by atoms with Gasteiger partial charge in [0.2, 0.25) is 5.91 Å². The van der Waals surface area contributed by atoms with Gasteiger partial charge in [0.15, 0.2) is 0 Å². The van der Waals surface area contributed by atoms with E-state index in [1.54, 1.807) is 17.6 Å². The van der Waals surface area contributed by atoms with E-state index in [0.717, 1.165) is 33.3 Å². The largest absolute Gasteiger partial charge is 0.469 e. The molecule has 0 unspecified atom stereocenters. The first-order valence-corrected chi connectivity index (χ1v) is 10.4. The molecule has 3 heterocycles. The van der Waals surface area contributed by atoms with Gasteiger partial charge in [-0.2, -0.15) is 0 Å². The lowest BCUT2D eigenvalue weighted by Crippen LogP contribution is -2.34. The minimum atomic E-state index is -0.406. The van der Waals surface area contributed by atoms with Gasteiger partial charge in [-0.3, -0.25) is 4.79 Å². The monoisotopic (exact) mass is 401 g/mol. The van der Waals surface area contributed by atoms with Crippen LogP contribution in [0.4, 0.5) is 0 Å². The number of thiophene rings is 1. The van der Waals surface area contributed by atoms with Crippen LogP contribution in [0.5, 0.6) is 11.5 Å². The van der Waals surface area contributed by atoms with Crippen LogP contribution in [0.25, 0.3) is 0 Å². The summed E-state index contributed by atoms with van der Waals surface area (Å²) in [5, 5.41) is 5.20. The molecule has 0 aliphatic carbocycles. The number of carbonyl (C=O) groups excluding carboxylic acids is 1. The van der Waals surface area contributed by atoms with Crippen LogP contribution in [0, 0.1) is 0 Å². The zero-order valence-electron chi connectivity index (χ0n) is 15.6. The van der Waals surface area contributed by atoms with Gasteiger partial charge in [0.25, 0.3) is 0 Å². The molecule has 0 spiro atoms. The topological polar surface area (TPSA) is 51.5 Å². The molecule has 5 heteroatoms. The molecule has 2 aromatic carbocycles. The summed E-state index contributed by atoms with van der Waals surface area (Å²) in [5.41, 5.74) is 1.77. The Morgan fingerprint density at radius 3 is 2.28 bits per heavy atom. The highest BCUT2D eigenvalue weighted by molar-refractivity contribution is 7.10. The molecule has 1 atom stereocenters. The molecule has 0 fully saturated rings. The van der Waals surface area contributed by atoms with Crippen molar-refractivity contribution in [3.63, 3.8) is 0 Å². The molecule has 2 aromatic heterocycles. The maximum absolute atomic E-state index is 13.4. The van der Waals surface area contributed by atoms with Crippen molar-refractivity contribution in [2.75, 3.05) is 6.54 Å². The van der Waals surface area contributed by atoms with Gasteiger partial charge >= 0.3 is 0 Å². The van der Waals surface area contributed by atoms with Gasteiger partial charge in [-0.15, -0.1) is 11.3 Å². The SMILES string of the molecule is O=C(NC[C@@H](c1ccco1)c1cccs1)C1c2ccccc2Oc2ccccc21. The molecule has 0 radical (unpaired) electrons. The molecule has 0 saturated carbocycles. The van der Waals surface area contributed by atoms with E-state index in [9.17, 15) is 4.79 Å². The van der Waals surface area contributed by atoms with Crippen LogP contribution in [0.2, 0.25) is 0 Å². The molecule has 0 saturated heterocycles. The van der Waals surface area contributed by atoms with Gasteiger partial charge in [-0.25, -0.2) is 0 Å². The molecule has 1 aliphatic rings. The molecule has 1 aliphatic heterocycles. The van der Waals surface area contributed by atoms with E-state index in [2.05, 4.69) is 11.4 Å². The third-order valence-electron chi connectivity index (χ3n) is 5.20. The van der Waals surface area contributed by atoms with Gasteiger partial charge in [-0.1, -0.05) is 42.5 Å². The number of hydrogen-bond donors (Lipinski definition) is 1. The first-order valence-electron chi connectivity index (χ1n) is 9.51. The van der Waals surface area contributed by atoms with Gasteiger partial charge in [-0.05, 0) is 35.7 Å². The normalized spacial score (nSPS) is 13.8. The summed E-state index contributed by atoms with van der Waals surface area (Å²) in [5.74, 6) is 1.84. The number of benzene rings is 2. The molecule has 1 amide bonds. The van der Waals surface area contributed by atoms with Crippen LogP contribution < -0.4 is 10.1 Å². The fourth-order valence-electron chi connectivity index (χ4n) is 3.82. The second-order valence-electron chi connectivity index (χ2n) is 6.94. The highest BCUT2D eigenvalue weighted by atomic mass is 32.1. The lowest BCUT2D eigenvalue weighted by Gasteiger charge is -2.28. The van der Waals surface area contributed by atoms with Crippen molar-refractivity contribution in [1.29, 1.82) is 0 Å². The van der Waals surface area contributed by atoms with Crippen LogP contribution in [0.3, 0.4) is 0 Å². The van der Waals surface area contributed by atoms with Crippen LogP contribution in [0.15, 0.2) is 88.9 Å². The lowest BCUT2D eigenvalue weighted by molar-refractivity contribution is -0.121. The van der Waals surface area contributed by atoms with Crippen molar-refractivity contribution in [1.82, 2.24) is 5.32 Å². The van der Waals surface area contributed by atoms with Gasteiger partial charge in [0.1, 0.15) is 17.3 Å². The molecule has 144 valence electrons. The second-order valence-corrected chi connectivity index (χ2v) is 7.92. The van der Waals surface area contributed by atoms with Gasteiger partial charge < -0.3 is 14.5 Å². The van der Waals surface area contributed by atoms with E-state index < -0.39 is 5.92 Å². The summed E-state index contributed by atoms with van der Waals surface area (Å²) in [6, 6.07) is 23.4. The zero-order valence-corrected chi connectivity index (χ0v) is 16.4. The highest BCUT2D eigenvalue weighted by Gasteiger charge is 2.33. The van der Waals surface area contributed by atoms with Crippen molar-refractivity contribution in [3.8, 4) is 11.5 Å². The van der Waals surface area contributed by atoms with Crippen LogP contribution in [-0.4, -0.2) is 12.5 Å². The Morgan fingerprint density at radius 2 is 1.66 bits per heavy atom. The number of furan rings is 1. The standard InChI is InChI=1S/C24H19NO3S/c26-24(25-15-18(19-11-5-13-27-19)22-12-6-14-29-22)23-16-7-1-3-9-20(16)28-21-10-4-2-8-17(21)23/h1-14,18,23H,15H2,(H,25,26)/t18-/m0/s1. The highest BCUT2D eigenvalue weighted by Crippen LogP contribution is 2.44. The third kappa shape index (κ3) is 3.34. The Morgan fingerprint density at radius 1 is 0.931 bits per heavy atom. The molecule has 1 N–H and O–H groups in total. The van der Waals surface area contributed by atoms with Crippen molar-refractivity contribution < 1.29 is 13.9 Å². The first kappa shape index (κ1) is 17.8. The number of para-hydroxylation sites is 2. The Labute approximate surface area is 172 Å². The van der Waals surface area contributed by atoms with Crippen molar-refractivity contribution in [3.05, 3.63) is 106 Å². The number of ether oxygens (including phenoxy) is 1. The predicted octanol–water partition coefficient (Wildman–Crippen LogP) is 5.53. The summed E-state index contributed by atoms with van der Waals surface area (Å²) in [6.45, 7) is 0.467. The number of amides is 1. The first-order chi connectivity index (χ1) is 14.3. The molecular formula is C24H19NO3S. The molecule has 5 rings (SSSR count). The second kappa shape index (κ2) is 7.60. The van der Waals surface area contributed by atoms with E-state index in [1.807, 2.05) is 72.1 Å². The summed E-state index contributed by atoms with van der Waals surface area (Å²) < 4.78 is 11.7. The molecule has 0 bridgehead atoms. The summed E-state index contributed by atoms with van der Waals surface area (Å²) >= 11 is 1.66. The number of carbonyl (C=O) groups is 1. The van der Waals surface area contributed by atoms with Crippen molar-refractivity contribution in [2.45, 2.75) is 11.8 Å². The lowest BCUT2D eigenvalue weighted by atomic mass is 9.87. The van der Waals surface area contributed by atoms with Gasteiger partial charge in [0.05, 0.1) is 18.1 Å². The third-order valence-corrected chi connectivity index (χ3v) is 6.18. The van der Waals surface area contributed by atoms with Crippen LogP contribution in [0.1, 0.15) is 33.6 Å². The van der Waals surface area contributed by atoms with Crippen LogP contribution >= 0.6 is 11.3 Å². The molecule has 4 aromatic rings. The Kier molecular flexibility index (Phi) is 4.66. The average molecular weight is 401 g/mol. The van der Waals surface area contributed by atoms with Gasteiger partial charge in [0, 0.05) is 22.5 Å². The predicted molar refractivity (Wildman–Crippen MR) is 113 cm³/mol. The average Bonchev–Trinajstić information content (AvgIpc) is 3.47. The fourth-order valence-corrected chi connectivity index (χ4v) is 4.65. The van der Waals surface area contributed by atoms with E-state index in [0.29, 0.717) is 6.54 Å². The smallest absolute Gasteiger partial charge is 0.232 e. The zero-order chi connectivity index (χ0) is 19.6. The summed E-state index contributed by atoms with van der Waals surface area (Å²) in [7, 11) is 0. The number of fused-ring (bicyclic) bond motifs is 2. The number of nitrogens with one attached hydrogen (secondary N) is 1.